The second kappa shape index (κ2) is 10.7. The fourth-order valence-corrected chi connectivity index (χ4v) is 3.81. The van der Waals surface area contributed by atoms with Crippen molar-refractivity contribution >= 4 is 42.1 Å². The number of amides is 1. The molecule has 0 atom stereocenters. The number of fused-ring (bicyclic) bond motifs is 1. The van der Waals surface area contributed by atoms with Crippen molar-refractivity contribution in [2.45, 2.75) is 45.2 Å². The summed E-state index contributed by atoms with van der Waals surface area (Å²) in [5.41, 5.74) is 4.28. The first kappa shape index (κ1) is 22.5. The van der Waals surface area contributed by atoms with Crippen molar-refractivity contribution in [1.29, 1.82) is 0 Å². The molecule has 6 nitrogen and oxygen atoms in total. The van der Waals surface area contributed by atoms with Crippen LogP contribution in [0.4, 0.5) is 11.4 Å². The molecule has 8 heteroatoms. The summed E-state index contributed by atoms with van der Waals surface area (Å²) in [5, 5.41) is 11.2. The van der Waals surface area contributed by atoms with Crippen LogP contribution in [0, 0.1) is 0 Å². The molecule has 0 aliphatic carbocycles. The average molecular weight is 426 g/mol. The molecule has 2 N–H and O–H groups in total. The number of nitrogens with zero attached hydrogens (tertiary/aromatic N) is 3. The van der Waals surface area contributed by atoms with Gasteiger partial charge in [-0.1, -0.05) is 12.1 Å². The van der Waals surface area contributed by atoms with Crippen LogP contribution in [0.1, 0.15) is 37.1 Å². The Hall–Kier alpha value is -1.76. The maximum atomic E-state index is 12.5. The van der Waals surface area contributed by atoms with Crippen molar-refractivity contribution in [3.63, 3.8) is 0 Å². The Bertz CT molecular complexity index is 750. The number of nitrogens with one attached hydrogen (secondary N) is 2. The van der Waals surface area contributed by atoms with Gasteiger partial charge in [-0.15, -0.1) is 24.8 Å². The monoisotopic (exact) mass is 425 g/mol. The van der Waals surface area contributed by atoms with E-state index < -0.39 is 0 Å². The maximum absolute atomic E-state index is 12.5. The smallest absolute Gasteiger partial charge is 0.224 e. The third kappa shape index (κ3) is 5.40. The first-order valence-corrected chi connectivity index (χ1v) is 9.70. The summed E-state index contributed by atoms with van der Waals surface area (Å²) in [7, 11) is 0. The van der Waals surface area contributed by atoms with Crippen molar-refractivity contribution in [1.82, 2.24) is 15.1 Å². The van der Waals surface area contributed by atoms with E-state index in [1.54, 1.807) is 0 Å². The maximum Gasteiger partial charge on any atom is 0.224 e. The minimum Gasteiger partial charge on any atom is -0.370 e. The van der Waals surface area contributed by atoms with Gasteiger partial charge in [-0.05, 0) is 44.0 Å². The van der Waals surface area contributed by atoms with E-state index in [2.05, 4.69) is 37.4 Å². The van der Waals surface area contributed by atoms with E-state index in [1.807, 2.05) is 18.2 Å². The van der Waals surface area contributed by atoms with E-state index in [9.17, 15) is 4.79 Å². The van der Waals surface area contributed by atoms with Crippen LogP contribution in [0.15, 0.2) is 30.3 Å². The molecule has 1 fully saturated rings. The lowest BCUT2D eigenvalue weighted by Gasteiger charge is -2.21. The van der Waals surface area contributed by atoms with Crippen LogP contribution in [-0.4, -0.2) is 35.3 Å². The number of rotatable bonds is 5. The standard InChI is InChI=1S/C20H27N5O.2ClH/c26-20(9-8-16-14-17-15-21-10-5-13-25(17)23-16)22-18-6-1-2-7-19(18)24-11-3-4-12-24;;/h1-2,6-7,14,21H,3-5,8-13,15H2,(H,22,26);2*1H. The van der Waals surface area contributed by atoms with E-state index in [0.29, 0.717) is 12.8 Å². The number of halogens is 2. The lowest BCUT2D eigenvalue weighted by Crippen LogP contribution is -2.21. The number of aromatic nitrogens is 2. The van der Waals surface area contributed by atoms with Gasteiger partial charge in [0.25, 0.3) is 0 Å². The molecule has 1 aromatic heterocycles. The SMILES string of the molecule is Cl.Cl.O=C(CCc1cc2n(n1)CCCNC2)Nc1ccccc1N1CCCC1. The van der Waals surface area contributed by atoms with Gasteiger partial charge >= 0.3 is 0 Å². The summed E-state index contributed by atoms with van der Waals surface area (Å²) < 4.78 is 2.08. The third-order valence-corrected chi connectivity index (χ3v) is 5.18. The third-order valence-electron chi connectivity index (χ3n) is 5.18. The van der Waals surface area contributed by atoms with Crippen LogP contribution in [-0.2, 0) is 24.3 Å². The molecule has 0 radical (unpaired) electrons. The second-order valence-electron chi connectivity index (χ2n) is 7.14. The summed E-state index contributed by atoms with van der Waals surface area (Å²) in [4.78, 5) is 14.8. The van der Waals surface area contributed by atoms with Crippen molar-refractivity contribution in [3.8, 4) is 0 Å². The van der Waals surface area contributed by atoms with Crippen LogP contribution in [0.5, 0.6) is 0 Å². The zero-order valence-electron chi connectivity index (χ0n) is 16.0. The molecular weight excluding hydrogens is 397 g/mol. The van der Waals surface area contributed by atoms with Gasteiger partial charge in [-0.3, -0.25) is 9.48 Å². The number of carbonyl (C=O) groups excluding carboxylic acids is 1. The van der Waals surface area contributed by atoms with Crippen LogP contribution < -0.4 is 15.5 Å². The minimum atomic E-state index is 0. The zero-order valence-corrected chi connectivity index (χ0v) is 17.7. The quantitative estimate of drug-likeness (QED) is 0.770. The first-order chi connectivity index (χ1) is 12.8. The summed E-state index contributed by atoms with van der Waals surface area (Å²) in [6, 6.07) is 10.2. The minimum absolute atomic E-state index is 0. The molecule has 1 aromatic carbocycles. The number of para-hydroxylation sites is 2. The molecule has 2 aliphatic heterocycles. The van der Waals surface area contributed by atoms with E-state index in [0.717, 1.165) is 56.2 Å². The summed E-state index contributed by atoms with van der Waals surface area (Å²) in [5.74, 6) is 0.0537. The molecule has 2 aliphatic rings. The van der Waals surface area contributed by atoms with Crippen molar-refractivity contribution < 1.29 is 4.79 Å². The van der Waals surface area contributed by atoms with Gasteiger partial charge in [0, 0.05) is 39.0 Å². The number of anilines is 2. The molecule has 0 unspecified atom stereocenters. The molecule has 28 heavy (non-hydrogen) atoms. The fourth-order valence-electron chi connectivity index (χ4n) is 3.81. The van der Waals surface area contributed by atoms with Crippen LogP contribution >= 0.6 is 24.8 Å². The number of carbonyl (C=O) groups is 1. The molecule has 3 heterocycles. The zero-order chi connectivity index (χ0) is 17.8. The van der Waals surface area contributed by atoms with Gasteiger partial charge in [0.2, 0.25) is 5.91 Å². The number of hydrogen-bond acceptors (Lipinski definition) is 4. The van der Waals surface area contributed by atoms with Crippen LogP contribution in [0.3, 0.4) is 0 Å². The Kier molecular flexibility index (Phi) is 8.60. The molecule has 2 aromatic rings. The largest absolute Gasteiger partial charge is 0.370 e. The van der Waals surface area contributed by atoms with Crippen LogP contribution in [0.2, 0.25) is 0 Å². The van der Waals surface area contributed by atoms with Gasteiger partial charge in [-0.2, -0.15) is 5.10 Å². The Morgan fingerprint density at radius 3 is 2.71 bits per heavy atom. The molecular formula is C20H29Cl2N5O. The first-order valence-electron chi connectivity index (χ1n) is 9.70. The second-order valence-corrected chi connectivity index (χ2v) is 7.14. The van der Waals surface area contributed by atoms with E-state index in [4.69, 9.17) is 0 Å². The lowest BCUT2D eigenvalue weighted by atomic mass is 10.2. The van der Waals surface area contributed by atoms with Crippen molar-refractivity contribution in [2.24, 2.45) is 0 Å². The number of aryl methyl sites for hydroxylation is 2. The highest BCUT2D eigenvalue weighted by atomic mass is 35.5. The number of hydrogen-bond donors (Lipinski definition) is 2. The van der Waals surface area contributed by atoms with Crippen molar-refractivity contribution in [3.05, 3.63) is 41.7 Å². The van der Waals surface area contributed by atoms with Gasteiger partial charge in [0.1, 0.15) is 0 Å². The molecule has 154 valence electrons. The molecule has 1 amide bonds. The van der Waals surface area contributed by atoms with E-state index in [1.165, 1.54) is 18.5 Å². The van der Waals surface area contributed by atoms with Gasteiger partial charge in [0.05, 0.1) is 22.8 Å². The van der Waals surface area contributed by atoms with Crippen LogP contribution in [0.25, 0.3) is 0 Å². The highest BCUT2D eigenvalue weighted by molar-refractivity contribution is 5.94. The molecule has 0 spiro atoms. The number of benzene rings is 1. The topological polar surface area (TPSA) is 62.2 Å². The predicted octanol–water partition coefficient (Wildman–Crippen LogP) is 3.39. The van der Waals surface area contributed by atoms with E-state index in [-0.39, 0.29) is 30.7 Å². The molecule has 1 saturated heterocycles. The molecule has 0 bridgehead atoms. The normalized spacial score (nSPS) is 15.8. The Labute approximate surface area is 178 Å². The van der Waals surface area contributed by atoms with E-state index >= 15 is 0 Å². The van der Waals surface area contributed by atoms with Gasteiger partial charge < -0.3 is 15.5 Å². The Morgan fingerprint density at radius 1 is 1.11 bits per heavy atom. The van der Waals surface area contributed by atoms with Crippen molar-refractivity contribution in [2.75, 3.05) is 29.9 Å². The highest BCUT2D eigenvalue weighted by Crippen LogP contribution is 2.28. The summed E-state index contributed by atoms with van der Waals surface area (Å²) in [6.45, 7) is 5.00. The molecule has 0 saturated carbocycles. The average Bonchev–Trinajstić information content (AvgIpc) is 3.26. The fraction of sp³-hybridized carbons (Fsp3) is 0.500. The van der Waals surface area contributed by atoms with Gasteiger partial charge in [-0.25, -0.2) is 0 Å². The summed E-state index contributed by atoms with van der Waals surface area (Å²) >= 11 is 0. The highest BCUT2D eigenvalue weighted by Gasteiger charge is 2.17. The summed E-state index contributed by atoms with van der Waals surface area (Å²) in [6.07, 6.45) is 4.68. The Morgan fingerprint density at radius 2 is 1.89 bits per heavy atom. The lowest BCUT2D eigenvalue weighted by molar-refractivity contribution is -0.116. The molecule has 4 rings (SSSR count). The predicted molar refractivity (Wildman–Crippen MR) is 118 cm³/mol. The Balaban J connectivity index is 0.00000140. The van der Waals surface area contributed by atoms with Gasteiger partial charge in [0.15, 0.2) is 0 Å².